The van der Waals surface area contributed by atoms with E-state index < -0.39 is 26.8 Å². The minimum absolute atomic E-state index is 0.0675. The molecule has 0 spiro atoms. The highest BCUT2D eigenvalue weighted by atomic mass is 32.2. The molecule has 3 aromatic rings. The average Bonchev–Trinajstić information content (AvgIpc) is 3.76. The average molecular weight is 657 g/mol. The van der Waals surface area contributed by atoms with E-state index in [1.165, 1.54) is 24.2 Å². The van der Waals surface area contributed by atoms with Crippen LogP contribution in [0.1, 0.15) is 69.1 Å². The van der Waals surface area contributed by atoms with Gasteiger partial charge in [0, 0.05) is 47.5 Å². The fourth-order valence-corrected chi connectivity index (χ4v) is 10.0. The number of carbonyl (C=O) groups is 2. The molecule has 3 fully saturated rings. The molecular weight excluding hydrogens is 617 g/mol. The largest absolute Gasteiger partial charge is 0.444 e. The molecule has 1 saturated carbocycles. The maximum atomic E-state index is 14.2. The molecule has 2 unspecified atom stereocenters. The zero-order valence-corrected chi connectivity index (χ0v) is 26.9. The topological polar surface area (TPSA) is 140 Å². The molecule has 6 rings (SSSR count). The highest BCUT2D eigenvalue weighted by Gasteiger charge is 2.50. The van der Waals surface area contributed by atoms with Gasteiger partial charge in [-0.05, 0) is 49.8 Å². The molecule has 0 bridgehead atoms. The minimum atomic E-state index is -3.90. The van der Waals surface area contributed by atoms with Crippen LogP contribution in [0.5, 0.6) is 0 Å². The van der Waals surface area contributed by atoms with Crippen LogP contribution in [-0.2, 0) is 29.0 Å². The van der Waals surface area contributed by atoms with Crippen LogP contribution < -0.4 is 10.8 Å². The van der Waals surface area contributed by atoms with Gasteiger partial charge in [-0.25, -0.2) is 28.5 Å². The molecule has 45 heavy (non-hydrogen) atoms. The van der Waals surface area contributed by atoms with Crippen molar-refractivity contribution in [3.8, 4) is 21.8 Å². The van der Waals surface area contributed by atoms with Gasteiger partial charge >= 0.3 is 6.03 Å². The predicted molar refractivity (Wildman–Crippen MR) is 170 cm³/mol. The lowest BCUT2D eigenvalue weighted by atomic mass is 9.95. The van der Waals surface area contributed by atoms with Crippen molar-refractivity contribution in [1.29, 1.82) is 0 Å². The van der Waals surface area contributed by atoms with E-state index in [9.17, 15) is 18.0 Å². The predicted octanol–water partition coefficient (Wildman–Crippen LogP) is 5.39. The Bertz CT molecular complexity index is 1550. The van der Waals surface area contributed by atoms with Crippen LogP contribution in [0.25, 0.3) is 21.8 Å². The van der Waals surface area contributed by atoms with Crippen LogP contribution in [0.2, 0.25) is 0 Å². The number of sulfone groups is 1. The number of carbonyl (C=O) groups excluding carboxylic acids is 2. The monoisotopic (exact) mass is 656 g/mol. The van der Waals surface area contributed by atoms with Crippen LogP contribution in [0.15, 0.2) is 53.4 Å². The molecule has 1 aromatic carbocycles. The van der Waals surface area contributed by atoms with Gasteiger partial charge in [0.15, 0.2) is 28.3 Å². The van der Waals surface area contributed by atoms with E-state index in [0.717, 1.165) is 54.5 Å². The van der Waals surface area contributed by atoms with Crippen molar-refractivity contribution in [2.24, 2.45) is 0 Å². The van der Waals surface area contributed by atoms with Crippen molar-refractivity contribution in [2.75, 3.05) is 25.4 Å². The molecule has 1 aliphatic carbocycles. The maximum absolute atomic E-state index is 14.2. The van der Waals surface area contributed by atoms with Crippen molar-refractivity contribution < 1.29 is 32.0 Å². The van der Waals surface area contributed by atoms with E-state index in [1.807, 2.05) is 30.3 Å². The summed E-state index contributed by atoms with van der Waals surface area (Å²) in [6.45, 7) is 0.823. The molecule has 4 heterocycles. The first-order valence-corrected chi connectivity index (χ1v) is 18.2. The molecule has 13 heteroatoms. The summed E-state index contributed by atoms with van der Waals surface area (Å²) >= 11 is 1.35. The number of nitrogens with one attached hydrogen (secondary N) is 2. The summed E-state index contributed by atoms with van der Waals surface area (Å²) in [5, 5.41) is 3.12. The highest BCUT2D eigenvalue weighted by Crippen LogP contribution is 2.45. The van der Waals surface area contributed by atoms with Gasteiger partial charge < -0.3 is 19.4 Å². The van der Waals surface area contributed by atoms with Crippen molar-refractivity contribution in [3.63, 3.8) is 0 Å². The molecule has 2 atom stereocenters. The SMILES string of the molecule is O=C(CC1(c2ccc(-c3ccc(-c4cnco4)cc3)s2)CCN(C(=O)NC2CCCCC2)CCS1(=O)=O)NOC1CCCCO1. The molecular formula is C32H40N4O7S2. The van der Waals surface area contributed by atoms with Crippen LogP contribution >= 0.6 is 11.3 Å². The number of ether oxygens (including phenoxy) is 1. The number of benzene rings is 1. The number of thiophene rings is 1. The summed E-state index contributed by atoms with van der Waals surface area (Å²) in [5.74, 6) is -0.135. The van der Waals surface area contributed by atoms with Gasteiger partial charge in [0.05, 0.1) is 18.4 Å². The normalized spacial score (nSPS) is 24.1. The second kappa shape index (κ2) is 14.0. The minimum Gasteiger partial charge on any atom is -0.444 e. The first-order valence-electron chi connectivity index (χ1n) is 15.8. The van der Waals surface area contributed by atoms with Gasteiger partial charge in [0.25, 0.3) is 0 Å². The first-order chi connectivity index (χ1) is 21.8. The van der Waals surface area contributed by atoms with E-state index in [0.29, 0.717) is 23.7 Å². The van der Waals surface area contributed by atoms with E-state index in [-0.39, 0.29) is 43.8 Å². The molecule has 3 aliphatic rings. The number of oxazole rings is 1. The quantitative estimate of drug-likeness (QED) is 0.308. The Morgan fingerprint density at radius 1 is 1.00 bits per heavy atom. The Hall–Kier alpha value is -3.26. The molecule has 3 amide bonds. The van der Waals surface area contributed by atoms with Crippen molar-refractivity contribution >= 4 is 33.1 Å². The van der Waals surface area contributed by atoms with Gasteiger partial charge in [-0.2, -0.15) is 0 Å². The van der Waals surface area contributed by atoms with Crippen molar-refractivity contribution in [2.45, 2.75) is 81.3 Å². The Kier molecular flexibility index (Phi) is 9.88. The van der Waals surface area contributed by atoms with Gasteiger partial charge in [-0.15, -0.1) is 11.3 Å². The van der Waals surface area contributed by atoms with E-state index in [1.54, 1.807) is 17.2 Å². The zero-order chi connectivity index (χ0) is 31.3. The van der Waals surface area contributed by atoms with Crippen LogP contribution in [0, 0.1) is 0 Å². The third kappa shape index (κ3) is 7.26. The van der Waals surface area contributed by atoms with Crippen LogP contribution in [-0.4, -0.2) is 68.0 Å². The summed E-state index contributed by atoms with van der Waals surface area (Å²) in [6, 6.07) is 11.3. The third-order valence-electron chi connectivity index (χ3n) is 9.06. The number of hydrogen-bond donors (Lipinski definition) is 2. The summed E-state index contributed by atoms with van der Waals surface area (Å²) < 4.78 is 37.9. The Morgan fingerprint density at radius 2 is 1.78 bits per heavy atom. The van der Waals surface area contributed by atoms with Gasteiger partial charge in [0.2, 0.25) is 5.91 Å². The Morgan fingerprint density at radius 3 is 2.51 bits per heavy atom. The van der Waals surface area contributed by atoms with Crippen LogP contribution in [0.4, 0.5) is 4.79 Å². The molecule has 2 aliphatic heterocycles. The molecule has 242 valence electrons. The number of hydroxylamine groups is 1. The molecule has 11 nitrogen and oxygen atoms in total. The second-order valence-corrected chi connectivity index (χ2v) is 15.6. The Labute approximate surface area is 267 Å². The number of urea groups is 1. The summed E-state index contributed by atoms with van der Waals surface area (Å²) in [4.78, 5) is 39.2. The maximum Gasteiger partial charge on any atom is 0.317 e. The lowest BCUT2D eigenvalue weighted by Gasteiger charge is -2.31. The second-order valence-electron chi connectivity index (χ2n) is 12.1. The van der Waals surface area contributed by atoms with Crippen molar-refractivity contribution in [1.82, 2.24) is 20.7 Å². The summed E-state index contributed by atoms with van der Waals surface area (Å²) in [7, 11) is -3.90. The number of nitrogens with zero attached hydrogens (tertiary/aromatic N) is 2. The lowest BCUT2D eigenvalue weighted by molar-refractivity contribution is -0.200. The number of amides is 3. The summed E-state index contributed by atoms with van der Waals surface area (Å²) in [5.41, 5.74) is 4.25. The number of rotatable bonds is 8. The van der Waals surface area contributed by atoms with Gasteiger partial charge in [-0.1, -0.05) is 43.5 Å². The molecule has 2 aromatic heterocycles. The lowest BCUT2D eigenvalue weighted by Crippen LogP contribution is -2.46. The standard InChI is InChI=1S/C32H40N4O7S2/c37-29(35-43-30-8-4-5-18-41-30)20-32(15-16-36(17-19-45(32,39)40)31(38)34-25-6-2-1-3-7-25)28-14-13-27(44-28)24-11-9-23(10-12-24)26-21-33-22-42-26/h9-14,21-22,25,30H,1-8,15-20H2,(H,34,38)(H,35,37). The van der Waals surface area contributed by atoms with Gasteiger partial charge in [-0.3, -0.25) is 4.79 Å². The van der Waals surface area contributed by atoms with Crippen molar-refractivity contribution in [3.05, 3.63) is 53.9 Å². The highest BCUT2D eigenvalue weighted by molar-refractivity contribution is 7.92. The van der Waals surface area contributed by atoms with E-state index >= 15 is 0 Å². The third-order valence-corrected chi connectivity index (χ3v) is 13.0. The fraction of sp³-hybridized carbons (Fsp3) is 0.531. The fourth-order valence-electron chi connectivity index (χ4n) is 6.41. The molecule has 2 saturated heterocycles. The Balaban J connectivity index is 1.25. The number of hydrogen-bond acceptors (Lipinski definition) is 9. The summed E-state index contributed by atoms with van der Waals surface area (Å²) in [6.07, 6.45) is 9.93. The van der Waals surface area contributed by atoms with Crippen LogP contribution in [0.3, 0.4) is 0 Å². The molecule has 0 radical (unpaired) electrons. The van der Waals surface area contributed by atoms with Gasteiger partial charge in [0.1, 0.15) is 4.75 Å². The first kappa shape index (κ1) is 31.7. The zero-order valence-electron chi connectivity index (χ0n) is 25.2. The smallest absolute Gasteiger partial charge is 0.317 e. The van der Waals surface area contributed by atoms with E-state index in [2.05, 4.69) is 15.8 Å². The number of aromatic nitrogens is 1. The molecule has 2 N–H and O–H groups in total. The van der Waals surface area contributed by atoms with E-state index in [4.69, 9.17) is 14.0 Å².